The molecule has 0 saturated heterocycles. The molecule has 0 N–H and O–H groups in total. The molecule has 1 aliphatic heterocycles. The largest absolute Gasteiger partial charge is 0.478 e. The standard InChI is InChI=1S/C12H16NOS/c1-12(2,3)10-7-14-11(13-10)8-5-4-6-9(8)15/h4-6,10,15H,7H2,1-3H3/t10-/m1/s1. The van der Waals surface area contributed by atoms with E-state index < -0.39 is 0 Å². The summed E-state index contributed by atoms with van der Waals surface area (Å²) in [4.78, 5) is 4.61. The van der Waals surface area contributed by atoms with Crippen LogP contribution in [-0.4, -0.2) is 18.5 Å². The molecule has 0 spiro atoms. The molecule has 15 heavy (non-hydrogen) atoms. The van der Waals surface area contributed by atoms with Crippen LogP contribution in [0.1, 0.15) is 20.8 Å². The maximum Gasteiger partial charge on any atom is 0.193 e. The molecule has 3 heteroatoms. The van der Waals surface area contributed by atoms with Gasteiger partial charge in [-0.15, -0.1) is 0 Å². The van der Waals surface area contributed by atoms with Crippen LogP contribution < -0.4 is 0 Å². The number of nitrogens with zero attached hydrogens (tertiary/aromatic N) is 1. The van der Waals surface area contributed by atoms with Crippen LogP contribution in [0.4, 0.5) is 0 Å². The summed E-state index contributed by atoms with van der Waals surface area (Å²) in [7, 11) is 0. The van der Waals surface area contributed by atoms with Crippen molar-refractivity contribution in [2.75, 3.05) is 6.61 Å². The van der Waals surface area contributed by atoms with Gasteiger partial charge in [-0.25, -0.2) is 4.99 Å². The number of ether oxygens (including phenoxy) is 1. The molecule has 0 aromatic rings. The minimum Gasteiger partial charge on any atom is -0.478 e. The van der Waals surface area contributed by atoms with E-state index in [4.69, 9.17) is 4.74 Å². The van der Waals surface area contributed by atoms with Crippen molar-refractivity contribution in [3.8, 4) is 0 Å². The van der Waals surface area contributed by atoms with Gasteiger partial charge in [0.1, 0.15) is 6.61 Å². The first-order valence-electron chi connectivity index (χ1n) is 5.14. The van der Waals surface area contributed by atoms with Gasteiger partial charge in [0, 0.05) is 5.25 Å². The van der Waals surface area contributed by atoms with E-state index >= 15 is 0 Å². The quantitative estimate of drug-likeness (QED) is 0.676. The second-order valence-corrected chi connectivity index (χ2v) is 5.43. The van der Waals surface area contributed by atoms with Crippen molar-refractivity contribution >= 4 is 18.5 Å². The van der Waals surface area contributed by atoms with E-state index in [2.05, 4.69) is 38.4 Å². The molecule has 1 saturated carbocycles. The van der Waals surface area contributed by atoms with Gasteiger partial charge in [0.05, 0.1) is 12.0 Å². The van der Waals surface area contributed by atoms with Crippen LogP contribution in [0, 0.1) is 35.8 Å². The zero-order valence-electron chi connectivity index (χ0n) is 9.32. The van der Waals surface area contributed by atoms with E-state index in [0.717, 1.165) is 17.1 Å². The van der Waals surface area contributed by atoms with Gasteiger partial charge >= 0.3 is 0 Å². The summed E-state index contributed by atoms with van der Waals surface area (Å²) in [5.41, 5.74) is 0.158. The van der Waals surface area contributed by atoms with Crippen molar-refractivity contribution in [2.24, 2.45) is 10.4 Å². The number of thiol groups is 1. The van der Waals surface area contributed by atoms with Crippen molar-refractivity contribution < 1.29 is 4.74 Å². The van der Waals surface area contributed by atoms with Gasteiger partial charge in [0.15, 0.2) is 5.90 Å². The SMILES string of the molecule is CC(C)(C)[C@H]1COC([C]2[CH][CH][CH][C]2S)=N1. The van der Waals surface area contributed by atoms with Crippen LogP contribution in [0.3, 0.4) is 0 Å². The lowest BCUT2D eigenvalue weighted by molar-refractivity contribution is 0.235. The van der Waals surface area contributed by atoms with Crippen LogP contribution in [0.5, 0.6) is 0 Å². The van der Waals surface area contributed by atoms with E-state index in [9.17, 15) is 0 Å². The molecule has 2 rings (SSSR count). The summed E-state index contributed by atoms with van der Waals surface area (Å²) in [6.07, 6.45) is 5.91. The highest BCUT2D eigenvalue weighted by molar-refractivity contribution is 7.84. The topological polar surface area (TPSA) is 21.6 Å². The Kier molecular flexibility index (Phi) is 3.02. The molecule has 2 aliphatic rings. The second-order valence-electron chi connectivity index (χ2n) is 4.95. The van der Waals surface area contributed by atoms with Crippen LogP contribution in [-0.2, 0) is 4.74 Å². The lowest BCUT2D eigenvalue weighted by Crippen LogP contribution is -2.25. The van der Waals surface area contributed by atoms with Crippen LogP contribution >= 0.6 is 12.6 Å². The molecule has 0 amide bonds. The summed E-state index contributed by atoms with van der Waals surface area (Å²) in [5, 5.41) is 0.934. The Balaban J connectivity index is 2.06. The first-order chi connectivity index (χ1) is 6.98. The fraction of sp³-hybridized carbons (Fsp3) is 0.500. The van der Waals surface area contributed by atoms with Gasteiger partial charge in [-0.1, -0.05) is 20.8 Å². The maximum atomic E-state index is 5.62. The number of aliphatic imine (C=N–C) groups is 1. The lowest BCUT2D eigenvalue weighted by atomic mass is 9.88. The number of rotatable bonds is 1. The van der Waals surface area contributed by atoms with Crippen LogP contribution in [0.25, 0.3) is 0 Å². The number of hydrogen-bond donors (Lipinski definition) is 1. The molecule has 1 heterocycles. The van der Waals surface area contributed by atoms with Crippen molar-refractivity contribution in [3.05, 3.63) is 30.4 Å². The molecular weight excluding hydrogens is 206 g/mol. The third kappa shape index (κ3) is 2.32. The molecule has 0 aromatic carbocycles. The van der Waals surface area contributed by atoms with Crippen molar-refractivity contribution in [1.82, 2.24) is 0 Å². The normalized spacial score (nSPS) is 29.3. The first kappa shape index (κ1) is 11.3. The van der Waals surface area contributed by atoms with Gasteiger partial charge in [-0.05, 0) is 24.7 Å². The van der Waals surface area contributed by atoms with Crippen molar-refractivity contribution in [2.45, 2.75) is 26.8 Å². The Morgan fingerprint density at radius 1 is 1.40 bits per heavy atom. The molecule has 2 nitrogen and oxygen atoms in total. The lowest BCUT2D eigenvalue weighted by Gasteiger charge is -2.21. The molecule has 0 unspecified atom stereocenters. The molecule has 0 aromatic heterocycles. The highest BCUT2D eigenvalue weighted by Gasteiger charge is 2.38. The summed E-state index contributed by atoms with van der Waals surface area (Å²) in [6, 6.07) is 0.245. The Bertz CT molecular complexity index is 269. The predicted molar refractivity (Wildman–Crippen MR) is 65.0 cm³/mol. The molecule has 0 bridgehead atoms. The van der Waals surface area contributed by atoms with Crippen molar-refractivity contribution in [3.63, 3.8) is 0 Å². The minimum atomic E-state index is 0.158. The summed E-state index contributed by atoms with van der Waals surface area (Å²) >= 11 is 4.37. The average molecular weight is 222 g/mol. The Morgan fingerprint density at radius 2 is 2.13 bits per heavy atom. The smallest absolute Gasteiger partial charge is 0.193 e. The summed E-state index contributed by atoms with van der Waals surface area (Å²) < 4.78 is 5.62. The van der Waals surface area contributed by atoms with Crippen molar-refractivity contribution in [1.29, 1.82) is 0 Å². The van der Waals surface area contributed by atoms with E-state index in [-0.39, 0.29) is 11.5 Å². The van der Waals surface area contributed by atoms with Gasteiger partial charge < -0.3 is 4.74 Å². The minimum absolute atomic E-state index is 0.158. The highest BCUT2D eigenvalue weighted by atomic mass is 32.1. The summed E-state index contributed by atoms with van der Waals surface area (Å²) in [5.74, 6) is 1.75. The number of hydrogen-bond acceptors (Lipinski definition) is 3. The summed E-state index contributed by atoms with van der Waals surface area (Å²) in [6.45, 7) is 7.22. The van der Waals surface area contributed by atoms with Gasteiger partial charge in [-0.3, -0.25) is 0 Å². The second kappa shape index (κ2) is 4.00. The molecule has 81 valence electrons. The third-order valence-corrected chi connectivity index (χ3v) is 3.06. The third-order valence-electron chi connectivity index (χ3n) is 2.67. The predicted octanol–water partition coefficient (Wildman–Crippen LogP) is 2.49. The Morgan fingerprint density at radius 3 is 2.60 bits per heavy atom. The average Bonchev–Trinajstić information content (AvgIpc) is 2.69. The molecular formula is C12H16NOS. The Hall–Kier alpha value is -0.180. The van der Waals surface area contributed by atoms with Gasteiger partial charge in [-0.2, -0.15) is 12.6 Å². The fourth-order valence-electron chi connectivity index (χ4n) is 1.56. The Labute approximate surface area is 97.9 Å². The van der Waals surface area contributed by atoms with E-state index in [0.29, 0.717) is 6.61 Å². The monoisotopic (exact) mass is 222 g/mol. The zero-order chi connectivity index (χ0) is 11.1. The van der Waals surface area contributed by atoms with E-state index in [1.54, 1.807) is 0 Å². The van der Waals surface area contributed by atoms with Crippen LogP contribution in [0.15, 0.2) is 4.99 Å². The van der Waals surface area contributed by atoms with Gasteiger partial charge in [0.2, 0.25) is 0 Å². The molecule has 1 atom stereocenters. The molecule has 1 fully saturated rings. The first-order valence-corrected chi connectivity index (χ1v) is 5.59. The highest BCUT2D eigenvalue weighted by Crippen LogP contribution is 2.39. The fourth-order valence-corrected chi connectivity index (χ4v) is 1.81. The molecule has 1 aliphatic carbocycles. The molecule has 5 radical (unpaired) electrons. The van der Waals surface area contributed by atoms with E-state index in [1.807, 2.05) is 19.3 Å². The van der Waals surface area contributed by atoms with Gasteiger partial charge in [0.25, 0.3) is 0 Å². The van der Waals surface area contributed by atoms with Crippen LogP contribution in [0.2, 0.25) is 0 Å². The maximum absolute atomic E-state index is 5.62. The zero-order valence-corrected chi connectivity index (χ0v) is 10.2. The van der Waals surface area contributed by atoms with E-state index in [1.165, 1.54) is 0 Å².